The van der Waals surface area contributed by atoms with Gasteiger partial charge in [0, 0.05) is 6.42 Å². The van der Waals surface area contributed by atoms with Crippen molar-refractivity contribution < 1.29 is 4.79 Å². The smallest absolute Gasteiger partial charge is 0.232 e. The Balaban J connectivity index is 1.73. The van der Waals surface area contributed by atoms with Gasteiger partial charge in [0.2, 0.25) is 5.91 Å². The molecule has 0 radical (unpaired) electrons. The molecule has 1 aliphatic rings. The number of carbonyl (C=O) groups is 1. The first kappa shape index (κ1) is 14.3. The molecule has 0 saturated heterocycles. The van der Waals surface area contributed by atoms with Crippen LogP contribution >= 0.6 is 0 Å². The van der Waals surface area contributed by atoms with Crippen molar-refractivity contribution in [1.82, 2.24) is 9.55 Å². The maximum absolute atomic E-state index is 12.5. The van der Waals surface area contributed by atoms with Gasteiger partial charge in [-0.05, 0) is 49.4 Å². The number of rotatable bonds is 3. The minimum Gasteiger partial charge on any atom is -0.274 e. The van der Waals surface area contributed by atoms with E-state index in [1.807, 2.05) is 0 Å². The highest BCUT2D eigenvalue weighted by atomic mass is 16.2. The van der Waals surface area contributed by atoms with Crippen LogP contribution < -0.4 is 0 Å². The van der Waals surface area contributed by atoms with Crippen LogP contribution in [0.2, 0.25) is 0 Å². The van der Waals surface area contributed by atoms with Crippen LogP contribution in [0, 0.1) is 19.8 Å². The van der Waals surface area contributed by atoms with Gasteiger partial charge in [-0.3, -0.25) is 9.36 Å². The fraction of sp³-hybridized carbons (Fsp3) is 0.556. The summed E-state index contributed by atoms with van der Waals surface area (Å²) in [6, 6.07) is 4.14. The molecule has 3 heteroatoms. The summed E-state index contributed by atoms with van der Waals surface area (Å²) >= 11 is 0. The van der Waals surface area contributed by atoms with E-state index in [-0.39, 0.29) is 5.91 Å². The predicted octanol–water partition coefficient (Wildman–Crippen LogP) is 4.65. The highest BCUT2D eigenvalue weighted by Crippen LogP contribution is 2.28. The van der Waals surface area contributed by atoms with Crippen LogP contribution in [0.3, 0.4) is 0 Å². The quantitative estimate of drug-likeness (QED) is 0.822. The Morgan fingerprint density at radius 2 is 1.90 bits per heavy atom. The number of hydrogen-bond acceptors (Lipinski definition) is 2. The van der Waals surface area contributed by atoms with Gasteiger partial charge in [-0.25, -0.2) is 4.98 Å². The Morgan fingerprint density at radius 3 is 2.67 bits per heavy atom. The van der Waals surface area contributed by atoms with Crippen LogP contribution in [0.15, 0.2) is 18.5 Å². The molecule has 2 aromatic rings. The number of benzene rings is 1. The first-order valence-electron chi connectivity index (χ1n) is 8.12. The molecule has 1 saturated carbocycles. The first-order valence-corrected chi connectivity index (χ1v) is 8.12. The van der Waals surface area contributed by atoms with Gasteiger partial charge in [0.15, 0.2) is 0 Å². The summed E-state index contributed by atoms with van der Waals surface area (Å²) in [5, 5.41) is 0. The Labute approximate surface area is 126 Å². The Kier molecular flexibility index (Phi) is 4.09. The molecule has 0 atom stereocenters. The third-order valence-corrected chi connectivity index (χ3v) is 4.92. The largest absolute Gasteiger partial charge is 0.274 e. The molecule has 0 aliphatic heterocycles. The van der Waals surface area contributed by atoms with Crippen molar-refractivity contribution >= 4 is 16.9 Å². The van der Waals surface area contributed by atoms with E-state index in [1.54, 1.807) is 10.9 Å². The lowest BCUT2D eigenvalue weighted by Crippen LogP contribution is -2.13. The third kappa shape index (κ3) is 3.02. The van der Waals surface area contributed by atoms with E-state index >= 15 is 0 Å². The Bertz CT molecular complexity index is 651. The molecule has 1 aromatic carbocycles. The van der Waals surface area contributed by atoms with E-state index < -0.39 is 0 Å². The summed E-state index contributed by atoms with van der Waals surface area (Å²) < 4.78 is 1.74. The molecule has 0 amide bonds. The molecular weight excluding hydrogens is 260 g/mol. The van der Waals surface area contributed by atoms with E-state index in [4.69, 9.17) is 0 Å². The zero-order valence-corrected chi connectivity index (χ0v) is 13.1. The molecule has 3 nitrogen and oxygen atoms in total. The monoisotopic (exact) mass is 284 g/mol. The van der Waals surface area contributed by atoms with Crippen LogP contribution in [0.25, 0.3) is 11.0 Å². The highest BCUT2D eigenvalue weighted by molar-refractivity contribution is 5.90. The lowest BCUT2D eigenvalue weighted by Gasteiger charge is -2.20. The van der Waals surface area contributed by atoms with E-state index in [0.29, 0.717) is 6.42 Å². The predicted molar refractivity (Wildman–Crippen MR) is 85.6 cm³/mol. The van der Waals surface area contributed by atoms with Crippen LogP contribution in [-0.4, -0.2) is 15.5 Å². The van der Waals surface area contributed by atoms with Gasteiger partial charge in [-0.1, -0.05) is 32.1 Å². The van der Waals surface area contributed by atoms with E-state index in [2.05, 4.69) is 31.0 Å². The fourth-order valence-electron chi connectivity index (χ4n) is 3.39. The minimum absolute atomic E-state index is 0.186. The van der Waals surface area contributed by atoms with Crippen molar-refractivity contribution in [1.29, 1.82) is 0 Å². The van der Waals surface area contributed by atoms with Gasteiger partial charge < -0.3 is 0 Å². The van der Waals surface area contributed by atoms with Crippen LogP contribution in [-0.2, 0) is 0 Å². The van der Waals surface area contributed by atoms with E-state index in [0.717, 1.165) is 23.4 Å². The average molecular weight is 284 g/mol. The summed E-state index contributed by atoms with van der Waals surface area (Å²) in [6.07, 6.45) is 10.0. The van der Waals surface area contributed by atoms with E-state index in [1.165, 1.54) is 43.2 Å². The molecule has 0 spiro atoms. The zero-order chi connectivity index (χ0) is 14.8. The number of nitrogens with zero attached hydrogens (tertiary/aromatic N) is 2. The molecule has 0 bridgehead atoms. The van der Waals surface area contributed by atoms with Crippen molar-refractivity contribution in [2.24, 2.45) is 5.92 Å². The number of aromatic nitrogens is 2. The molecule has 3 rings (SSSR count). The molecule has 112 valence electrons. The van der Waals surface area contributed by atoms with Gasteiger partial charge in [-0.15, -0.1) is 0 Å². The third-order valence-electron chi connectivity index (χ3n) is 4.92. The summed E-state index contributed by atoms with van der Waals surface area (Å²) in [4.78, 5) is 16.9. The summed E-state index contributed by atoms with van der Waals surface area (Å²) in [7, 11) is 0. The Hall–Kier alpha value is -1.64. The average Bonchev–Trinajstić information content (AvgIpc) is 2.89. The van der Waals surface area contributed by atoms with Crippen molar-refractivity contribution in [3.05, 3.63) is 29.6 Å². The molecule has 21 heavy (non-hydrogen) atoms. The molecule has 0 N–H and O–H groups in total. The fourth-order valence-corrected chi connectivity index (χ4v) is 3.39. The number of imidazole rings is 1. The van der Waals surface area contributed by atoms with Gasteiger partial charge in [-0.2, -0.15) is 0 Å². The minimum atomic E-state index is 0.186. The van der Waals surface area contributed by atoms with Crippen molar-refractivity contribution in [2.75, 3.05) is 0 Å². The van der Waals surface area contributed by atoms with Crippen molar-refractivity contribution in [2.45, 2.75) is 58.8 Å². The van der Waals surface area contributed by atoms with Crippen molar-refractivity contribution in [3.63, 3.8) is 0 Å². The first-order chi connectivity index (χ1) is 10.1. The number of hydrogen-bond donors (Lipinski definition) is 0. The summed E-state index contributed by atoms with van der Waals surface area (Å²) in [6.45, 7) is 4.16. The second-order valence-corrected chi connectivity index (χ2v) is 6.48. The standard InChI is InChI=1S/C18H24N2O/c1-13-10-16-17(11-14(13)2)20(12-19-16)18(21)9-8-15-6-4-3-5-7-15/h10-12,15H,3-9H2,1-2H3. The molecule has 0 unspecified atom stereocenters. The lowest BCUT2D eigenvalue weighted by molar-refractivity contribution is 0.0894. The SMILES string of the molecule is Cc1cc2ncn(C(=O)CCC3CCCCC3)c2cc1C. The van der Waals surface area contributed by atoms with Gasteiger partial charge >= 0.3 is 0 Å². The van der Waals surface area contributed by atoms with Crippen LogP contribution in [0.5, 0.6) is 0 Å². The maximum atomic E-state index is 12.5. The topological polar surface area (TPSA) is 34.9 Å². The normalized spacial score (nSPS) is 16.5. The summed E-state index contributed by atoms with van der Waals surface area (Å²) in [5.74, 6) is 0.938. The molecular formula is C18H24N2O. The number of carbonyl (C=O) groups excluding carboxylic acids is 1. The number of aryl methyl sites for hydroxylation is 2. The Morgan fingerprint density at radius 1 is 1.19 bits per heavy atom. The van der Waals surface area contributed by atoms with Gasteiger partial charge in [0.25, 0.3) is 0 Å². The highest BCUT2D eigenvalue weighted by Gasteiger charge is 2.17. The molecule has 1 fully saturated rings. The number of fused-ring (bicyclic) bond motifs is 1. The zero-order valence-electron chi connectivity index (χ0n) is 13.1. The summed E-state index contributed by atoms with van der Waals surface area (Å²) in [5.41, 5.74) is 4.31. The molecule has 1 heterocycles. The molecule has 1 aliphatic carbocycles. The van der Waals surface area contributed by atoms with Gasteiger partial charge in [0.1, 0.15) is 6.33 Å². The van der Waals surface area contributed by atoms with Crippen LogP contribution in [0.1, 0.15) is 60.9 Å². The van der Waals surface area contributed by atoms with Gasteiger partial charge in [0.05, 0.1) is 11.0 Å². The second kappa shape index (κ2) is 6.00. The maximum Gasteiger partial charge on any atom is 0.232 e. The van der Waals surface area contributed by atoms with E-state index in [9.17, 15) is 4.79 Å². The molecule has 1 aromatic heterocycles. The van der Waals surface area contributed by atoms with Crippen molar-refractivity contribution in [3.8, 4) is 0 Å². The second-order valence-electron chi connectivity index (χ2n) is 6.48. The van der Waals surface area contributed by atoms with Crippen LogP contribution in [0.4, 0.5) is 0 Å². The lowest BCUT2D eigenvalue weighted by atomic mass is 9.86.